The molecule has 1 saturated heterocycles. The van der Waals surface area contributed by atoms with Gasteiger partial charge in [0, 0.05) is 23.7 Å². The van der Waals surface area contributed by atoms with E-state index in [2.05, 4.69) is 20.1 Å². The Kier molecular flexibility index (Phi) is 3.55. The number of pyridine rings is 1. The molecule has 1 fully saturated rings. The zero-order valence-electron chi connectivity index (χ0n) is 12.4. The van der Waals surface area contributed by atoms with Gasteiger partial charge in [0.15, 0.2) is 5.65 Å². The molecule has 3 heterocycles. The zero-order chi connectivity index (χ0) is 15.8. The second-order valence-electron chi connectivity index (χ2n) is 5.47. The topological polar surface area (TPSA) is 80.1 Å². The van der Waals surface area contributed by atoms with Gasteiger partial charge in [-0.05, 0) is 23.8 Å². The third-order valence-corrected chi connectivity index (χ3v) is 4.24. The Morgan fingerprint density at radius 1 is 1.22 bits per heavy atom. The molecule has 0 aliphatic carbocycles. The van der Waals surface area contributed by atoms with Crippen molar-refractivity contribution < 1.29 is 4.74 Å². The van der Waals surface area contributed by atoms with E-state index in [-0.39, 0.29) is 0 Å². The first-order valence-corrected chi connectivity index (χ1v) is 7.83. The van der Waals surface area contributed by atoms with Gasteiger partial charge in [-0.25, -0.2) is 4.98 Å². The third-order valence-electron chi connectivity index (χ3n) is 4.01. The summed E-state index contributed by atoms with van der Waals surface area (Å²) in [4.78, 5) is 6.84. The number of aromatic nitrogens is 3. The molecule has 2 aromatic heterocycles. The maximum Gasteiger partial charge on any atom is 0.185 e. The predicted molar refractivity (Wildman–Crippen MR) is 91.8 cm³/mol. The first-order chi connectivity index (χ1) is 11.2. The van der Waals surface area contributed by atoms with Crippen molar-refractivity contribution in [3.63, 3.8) is 0 Å². The van der Waals surface area contributed by atoms with Crippen molar-refractivity contribution in [2.24, 2.45) is 0 Å². The van der Waals surface area contributed by atoms with Crippen LogP contribution in [0.3, 0.4) is 0 Å². The fraction of sp³-hybridized carbons (Fsp3) is 0.250. The van der Waals surface area contributed by atoms with E-state index in [1.807, 2.05) is 30.3 Å². The van der Waals surface area contributed by atoms with E-state index in [0.717, 1.165) is 35.4 Å². The van der Waals surface area contributed by atoms with Gasteiger partial charge in [0.2, 0.25) is 0 Å². The van der Waals surface area contributed by atoms with Crippen LogP contribution in [0.15, 0.2) is 30.3 Å². The van der Waals surface area contributed by atoms with Crippen LogP contribution in [0, 0.1) is 0 Å². The summed E-state index contributed by atoms with van der Waals surface area (Å²) in [6.45, 7) is 3.03. The van der Waals surface area contributed by atoms with Crippen LogP contribution < -0.4 is 10.6 Å². The molecule has 1 aliphatic heterocycles. The molecule has 0 spiro atoms. The molecule has 3 aromatic rings. The number of nitrogens with zero attached hydrogens (tertiary/aromatic N) is 3. The van der Waals surface area contributed by atoms with E-state index in [4.69, 9.17) is 22.1 Å². The molecule has 23 heavy (non-hydrogen) atoms. The Morgan fingerprint density at radius 2 is 2.04 bits per heavy atom. The van der Waals surface area contributed by atoms with E-state index in [1.165, 1.54) is 0 Å². The van der Waals surface area contributed by atoms with Gasteiger partial charge in [0.25, 0.3) is 0 Å². The first kappa shape index (κ1) is 14.3. The number of hydrogen-bond donors (Lipinski definition) is 2. The van der Waals surface area contributed by atoms with Crippen LogP contribution in [0.5, 0.6) is 0 Å². The number of hydrogen-bond acceptors (Lipinski definition) is 5. The van der Waals surface area contributed by atoms with Gasteiger partial charge in [-0.3, -0.25) is 5.10 Å². The minimum Gasteiger partial charge on any atom is -0.383 e. The summed E-state index contributed by atoms with van der Waals surface area (Å²) in [5.74, 6) is 1.39. The Hall–Kier alpha value is -2.31. The average molecular weight is 330 g/mol. The van der Waals surface area contributed by atoms with Gasteiger partial charge in [0.1, 0.15) is 11.6 Å². The van der Waals surface area contributed by atoms with Crippen LogP contribution in [0.1, 0.15) is 0 Å². The quantitative estimate of drug-likeness (QED) is 0.755. The number of fused-ring (bicyclic) bond motifs is 1. The Labute approximate surface area is 138 Å². The van der Waals surface area contributed by atoms with Crippen LogP contribution in [-0.2, 0) is 4.74 Å². The summed E-state index contributed by atoms with van der Waals surface area (Å²) >= 11 is 6.15. The normalized spacial score (nSPS) is 15.3. The highest BCUT2D eigenvalue weighted by Gasteiger charge is 2.18. The summed E-state index contributed by atoms with van der Waals surface area (Å²) in [5, 5.41) is 8.56. The fourth-order valence-corrected chi connectivity index (χ4v) is 3.06. The number of morpholine rings is 1. The number of halogens is 1. The van der Waals surface area contributed by atoms with E-state index in [1.54, 1.807) is 0 Å². The SMILES string of the molecule is Nc1[nH]nc2nc(N3CCOCC3)cc(-c3cccc(Cl)c3)c12. The number of nitrogens with two attached hydrogens (primary N) is 1. The highest BCUT2D eigenvalue weighted by molar-refractivity contribution is 6.31. The molecule has 0 saturated carbocycles. The highest BCUT2D eigenvalue weighted by Crippen LogP contribution is 2.34. The van der Waals surface area contributed by atoms with Crippen molar-refractivity contribution >= 4 is 34.3 Å². The highest BCUT2D eigenvalue weighted by atomic mass is 35.5. The number of H-pyrrole nitrogens is 1. The smallest absolute Gasteiger partial charge is 0.185 e. The number of aromatic amines is 1. The molecule has 1 aromatic carbocycles. The number of rotatable bonds is 2. The molecule has 6 nitrogen and oxygen atoms in total. The maximum absolute atomic E-state index is 6.15. The second kappa shape index (κ2) is 5.72. The minimum atomic E-state index is 0.510. The number of nitrogen functional groups attached to an aromatic ring is 1. The third kappa shape index (κ3) is 2.60. The molecule has 1 aliphatic rings. The van der Waals surface area contributed by atoms with E-state index >= 15 is 0 Å². The van der Waals surface area contributed by atoms with E-state index in [0.29, 0.717) is 29.7 Å². The maximum atomic E-state index is 6.15. The standard InChI is InChI=1S/C16H16ClN5O/c17-11-3-1-2-10(8-11)12-9-13(22-4-6-23-7-5-22)19-16-14(12)15(18)20-21-16/h1-3,8-9H,4-7H2,(H3,18,19,20,21). The van der Waals surface area contributed by atoms with Crippen molar-refractivity contribution in [3.8, 4) is 11.1 Å². The van der Waals surface area contributed by atoms with Crippen molar-refractivity contribution in [1.82, 2.24) is 15.2 Å². The molecule has 3 N–H and O–H groups in total. The summed E-state index contributed by atoms with van der Waals surface area (Å²) < 4.78 is 5.41. The van der Waals surface area contributed by atoms with Gasteiger partial charge < -0.3 is 15.4 Å². The summed E-state index contributed by atoms with van der Waals surface area (Å²) in [6.07, 6.45) is 0. The van der Waals surface area contributed by atoms with Crippen LogP contribution >= 0.6 is 11.6 Å². The predicted octanol–water partition coefficient (Wildman–Crippen LogP) is 2.70. The minimum absolute atomic E-state index is 0.510. The molecule has 118 valence electrons. The molecular formula is C16H16ClN5O. The summed E-state index contributed by atoms with van der Waals surface area (Å²) in [7, 11) is 0. The molecule has 4 rings (SSSR count). The number of anilines is 2. The summed E-state index contributed by atoms with van der Waals surface area (Å²) in [5.41, 5.74) is 8.64. The van der Waals surface area contributed by atoms with Crippen LogP contribution in [0.25, 0.3) is 22.2 Å². The van der Waals surface area contributed by atoms with Gasteiger partial charge in [-0.15, -0.1) is 0 Å². The van der Waals surface area contributed by atoms with E-state index in [9.17, 15) is 0 Å². The second-order valence-corrected chi connectivity index (χ2v) is 5.91. The Morgan fingerprint density at radius 3 is 2.83 bits per heavy atom. The molecule has 0 unspecified atom stereocenters. The number of nitrogens with one attached hydrogen (secondary N) is 1. The molecule has 0 atom stereocenters. The van der Waals surface area contributed by atoms with Crippen molar-refractivity contribution in [3.05, 3.63) is 35.4 Å². The molecular weight excluding hydrogens is 314 g/mol. The van der Waals surface area contributed by atoms with Crippen molar-refractivity contribution in [1.29, 1.82) is 0 Å². The van der Waals surface area contributed by atoms with Crippen LogP contribution in [0.2, 0.25) is 5.02 Å². The van der Waals surface area contributed by atoms with Crippen molar-refractivity contribution in [2.45, 2.75) is 0 Å². The van der Waals surface area contributed by atoms with E-state index < -0.39 is 0 Å². The number of ether oxygens (including phenoxy) is 1. The van der Waals surface area contributed by atoms with Crippen LogP contribution in [0.4, 0.5) is 11.6 Å². The Bertz CT molecular complexity index is 857. The molecule has 0 bridgehead atoms. The van der Waals surface area contributed by atoms with Crippen molar-refractivity contribution in [2.75, 3.05) is 36.9 Å². The average Bonchev–Trinajstić information content (AvgIpc) is 2.96. The van der Waals surface area contributed by atoms with Gasteiger partial charge in [-0.1, -0.05) is 23.7 Å². The lowest BCUT2D eigenvalue weighted by atomic mass is 10.0. The molecule has 7 heteroatoms. The lowest BCUT2D eigenvalue weighted by Gasteiger charge is -2.28. The lowest BCUT2D eigenvalue weighted by Crippen LogP contribution is -2.36. The lowest BCUT2D eigenvalue weighted by molar-refractivity contribution is 0.122. The molecule has 0 amide bonds. The van der Waals surface area contributed by atoms with Gasteiger partial charge >= 0.3 is 0 Å². The fourth-order valence-electron chi connectivity index (χ4n) is 2.87. The molecule has 0 radical (unpaired) electrons. The zero-order valence-corrected chi connectivity index (χ0v) is 13.2. The summed E-state index contributed by atoms with van der Waals surface area (Å²) in [6, 6.07) is 9.76. The van der Waals surface area contributed by atoms with Gasteiger partial charge in [0.05, 0.1) is 18.6 Å². The first-order valence-electron chi connectivity index (χ1n) is 7.45. The largest absolute Gasteiger partial charge is 0.383 e. The van der Waals surface area contributed by atoms with Crippen LogP contribution in [-0.4, -0.2) is 41.5 Å². The Balaban J connectivity index is 1.91. The monoisotopic (exact) mass is 329 g/mol. The van der Waals surface area contributed by atoms with Gasteiger partial charge in [-0.2, -0.15) is 5.10 Å². The number of benzene rings is 1.